The van der Waals surface area contributed by atoms with Gasteiger partial charge in [-0.25, -0.2) is 0 Å². The number of aliphatic hydroxyl groups is 7. The lowest BCUT2D eigenvalue weighted by Crippen LogP contribution is -2.65. The molecule has 3 aromatic rings. The maximum atomic E-state index is 12.8. The number of rotatable bonds is 7. The van der Waals surface area contributed by atoms with Gasteiger partial charge in [0.1, 0.15) is 65.4 Å². The monoisotopic (exact) mass is 610 g/mol. The van der Waals surface area contributed by atoms with Crippen LogP contribution in [0.3, 0.4) is 0 Å². The Labute approximate surface area is 241 Å². The van der Waals surface area contributed by atoms with Crippen LogP contribution in [0.15, 0.2) is 45.6 Å². The number of aromatic hydroxyl groups is 3. The van der Waals surface area contributed by atoms with Gasteiger partial charge in [-0.3, -0.25) is 4.79 Å². The zero-order valence-electron chi connectivity index (χ0n) is 22.1. The second-order valence-corrected chi connectivity index (χ2v) is 10.1. The maximum Gasteiger partial charge on any atom is 0.229 e. The number of hydrogen-bond acceptors (Lipinski definition) is 16. The van der Waals surface area contributed by atoms with Crippen LogP contribution in [0.1, 0.15) is 0 Å². The minimum atomic E-state index is -1.91. The van der Waals surface area contributed by atoms with Crippen molar-refractivity contribution >= 4 is 11.0 Å². The van der Waals surface area contributed by atoms with Crippen LogP contribution in [-0.2, 0) is 14.2 Å². The Bertz CT molecular complexity index is 1490. The first-order valence-corrected chi connectivity index (χ1v) is 13.0. The van der Waals surface area contributed by atoms with Crippen molar-refractivity contribution in [2.45, 2.75) is 61.4 Å². The van der Waals surface area contributed by atoms with E-state index in [2.05, 4.69) is 0 Å². The summed E-state index contributed by atoms with van der Waals surface area (Å²) in [5.41, 5.74) is -0.902. The Morgan fingerprint density at radius 3 is 1.98 bits per heavy atom. The van der Waals surface area contributed by atoms with Gasteiger partial charge in [0, 0.05) is 17.7 Å². The van der Waals surface area contributed by atoms with E-state index in [1.165, 1.54) is 24.3 Å². The van der Waals surface area contributed by atoms with E-state index in [4.69, 9.17) is 23.4 Å². The van der Waals surface area contributed by atoms with Gasteiger partial charge in [0.25, 0.3) is 0 Å². The van der Waals surface area contributed by atoms with Gasteiger partial charge in [-0.2, -0.15) is 0 Å². The zero-order valence-corrected chi connectivity index (χ0v) is 22.1. The third-order valence-corrected chi connectivity index (χ3v) is 7.28. The highest BCUT2D eigenvalue weighted by Crippen LogP contribution is 2.42. The Morgan fingerprint density at radius 2 is 1.35 bits per heavy atom. The lowest BCUT2D eigenvalue weighted by atomic mass is 9.97. The highest BCUT2D eigenvalue weighted by molar-refractivity contribution is 5.91. The predicted octanol–water partition coefficient (Wildman–Crippen LogP) is -2.42. The molecule has 0 radical (unpaired) electrons. The summed E-state index contributed by atoms with van der Waals surface area (Å²) in [7, 11) is 0. The van der Waals surface area contributed by atoms with E-state index in [1.54, 1.807) is 0 Å². The summed E-state index contributed by atoms with van der Waals surface area (Å²) >= 11 is 0. The predicted molar refractivity (Wildman–Crippen MR) is 140 cm³/mol. The Morgan fingerprint density at radius 1 is 0.744 bits per heavy atom. The molecular weight excluding hydrogens is 580 g/mol. The van der Waals surface area contributed by atoms with Crippen LogP contribution in [0.2, 0.25) is 0 Å². The Hall–Kier alpha value is -3.55. The quantitative estimate of drug-likeness (QED) is 0.125. The largest absolute Gasteiger partial charge is 0.508 e. The van der Waals surface area contributed by atoms with Crippen molar-refractivity contribution in [3.63, 3.8) is 0 Å². The molecule has 2 aliphatic heterocycles. The number of benzene rings is 2. The minimum absolute atomic E-state index is 0.0408. The molecule has 0 spiro atoms. The van der Waals surface area contributed by atoms with Crippen LogP contribution < -0.4 is 10.2 Å². The fraction of sp³-hybridized carbons (Fsp3) is 0.444. The lowest BCUT2D eigenvalue weighted by molar-refractivity contribution is -0.358. The molecule has 234 valence electrons. The topological polar surface area (TPSA) is 269 Å². The van der Waals surface area contributed by atoms with E-state index in [0.717, 1.165) is 12.1 Å². The second-order valence-electron chi connectivity index (χ2n) is 10.1. The third kappa shape index (κ3) is 5.73. The molecular formula is C27H30O16. The van der Waals surface area contributed by atoms with Crippen molar-refractivity contribution in [3.05, 3.63) is 46.6 Å². The van der Waals surface area contributed by atoms with E-state index in [-0.39, 0.29) is 11.5 Å². The highest BCUT2D eigenvalue weighted by Gasteiger charge is 2.51. The molecule has 2 aromatic carbocycles. The van der Waals surface area contributed by atoms with Crippen LogP contribution in [0.25, 0.3) is 22.3 Å². The van der Waals surface area contributed by atoms with E-state index in [9.17, 15) is 55.9 Å². The van der Waals surface area contributed by atoms with E-state index >= 15 is 0 Å². The molecule has 16 nitrogen and oxygen atoms in total. The first kappa shape index (κ1) is 30.9. The summed E-state index contributed by atoms with van der Waals surface area (Å²) in [5.74, 6) is -2.15. The van der Waals surface area contributed by atoms with Crippen LogP contribution in [0, 0.1) is 0 Å². The second kappa shape index (κ2) is 12.2. The minimum Gasteiger partial charge on any atom is -0.508 e. The summed E-state index contributed by atoms with van der Waals surface area (Å²) in [6, 6.07) is 7.46. The number of fused-ring (bicyclic) bond motifs is 1. The van der Waals surface area contributed by atoms with E-state index < -0.39 is 108 Å². The maximum absolute atomic E-state index is 12.8. The third-order valence-electron chi connectivity index (χ3n) is 7.28. The van der Waals surface area contributed by atoms with Gasteiger partial charge >= 0.3 is 0 Å². The van der Waals surface area contributed by atoms with Crippen molar-refractivity contribution in [2.24, 2.45) is 0 Å². The van der Waals surface area contributed by atoms with Crippen molar-refractivity contribution < 1.29 is 74.4 Å². The smallest absolute Gasteiger partial charge is 0.229 e. The van der Waals surface area contributed by atoms with Crippen LogP contribution in [0.5, 0.6) is 23.0 Å². The van der Waals surface area contributed by atoms with E-state index in [0.29, 0.717) is 5.56 Å². The highest BCUT2D eigenvalue weighted by atomic mass is 16.8. The molecule has 2 aliphatic rings. The Kier molecular flexibility index (Phi) is 8.77. The number of phenols is 3. The number of ether oxygens (including phenoxy) is 4. The molecule has 10 atom stereocenters. The van der Waals surface area contributed by atoms with Gasteiger partial charge in [0.2, 0.25) is 12.0 Å². The van der Waals surface area contributed by atoms with Gasteiger partial charge in [0.15, 0.2) is 29.2 Å². The number of aliphatic hydroxyl groups excluding tert-OH is 7. The lowest BCUT2D eigenvalue weighted by Gasteiger charge is -2.45. The van der Waals surface area contributed by atoms with Crippen LogP contribution in [0.4, 0.5) is 0 Å². The average Bonchev–Trinajstić information content (AvgIpc) is 2.99. The fourth-order valence-corrected chi connectivity index (χ4v) is 4.89. The summed E-state index contributed by atoms with van der Waals surface area (Å²) in [5, 5.41) is 102. The molecule has 1 aromatic heterocycles. The zero-order chi connectivity index (χ0) is 31.2. The molecule has 0 bridgehead atoms. The first-order valence-electron chi connectivity index (χ1n) is 13.0. The van der Waals surface area contributed by atoms with Crippen LogP contribution >= 0.6 is 0 Å². The molecule has 10 unspecified atom stereocenters. The molecule has 10 N–H and O–H groups in total. The Balaban J connectivity index is 1.51. The first-order chi connectivity index (χ1) is 20.4. The molecule has 0 saturated carbocycles. The van der Waals surface area contributed by atoms with E-state index in [1.807, 2.05) is 0 Å². The van der Waals surface area contributed by atoms with Crippen molar-refractivity contribution in [3.8, 4) is 34.3 Å². The molecule has 2 fully saturated rings. The number of hydrogen-bond donors (Lipinski definition) is 10. The normalized spacial score (nSPS) is 33.0. The van der Waals surface area contributed by atoms with Gasteiger partial charge < -0.3 is 74.4 Å². The summed E-state index contributed by atoms with van der Waals surface area (Å²) < 4.78 is 27.8. The van der Waals surface area contributed by atoms with Gasteiger partial charge in [-0.15, -0.1) is 0 Å². The van der Waals surface area contributed by atoms with Gasteiger partial charge in [-0.05, 0) is 24.3 Å². The summed E-state index contributed by atoms with van der Waals surface area (Å²) in [6.07, 6.45) is -17.4. The summed E-state index contributed by atoms with van der Waals surface area (Å²) in [4.78, 5) is 12.8. The fourth-order valence-electron chi connectivity index (χ4n) is 4.89. The molecule has 0 aliphatic carbocycles. The number of phenolic OH excluding ortho intramolecular Hbond substituents is 3. The average molecular weight is 611 g/mol. The van der Waals surface area contributed by atoms with Crippen molar-refractivity contribution in [1.82, 2.24) is 0 Å². The van der Waals surface area contributed by atoms with Gasteiger partial charge in [-0.1, -0.05) is 0 Å². The summed E-state index contributed by atoms with van der Waals surface area (Å²) in [6.45, 7) is -1.60. The van der Waals surface area contributed by atoms with Crippen LogP contribution in [-0.4, -0.2) is 126 Å². The molecule has 2 saturated heterocycles. The molecule has 0 amide bonds. The molecule has 3 heterocycles. The standard InChI is InChI=1S/C27H30O16/c28-7-15-18(33)21(36)23(38)26(41-15)43-25-22(37)19(34)16(8-29)42-27(25)40-14-6-12(32)17-11(31)5-13(39-24(17)20(14)35)9-1-3-10(30)4-2-9/h1-6,15-16,18-19,21-23,25-30,32-38H,7-8H2. The molecule has 16 heteroatoms. The van der Waals surface area contributed by atoms with Crippen molar-refractivity contribution in [2.75, 3.05) is 13.2 Å². The van der Waals surface area contributed by atoms with Gasteiger partial charge in [0.05, 0.1) is 13.2 Å². The van der Waals surface area contributed by atoms with Crippen molar-refractivity contribution in [1.29, 1.82) is 0 Å². The SMILES string of the molecule is O=c1cc(-c2ccc(O)cc2)oc2c(O)c(OC3OC(CO)C(O)C(O)C3OC3OC(CO)C(O)C(O)C3O)cc(O)c12. The molecule has 43 heavy (non-hydrogen) atoms. The molecule has 5 rings (SSSR count).